The van der Waals surface area contributed by atoms with Crippen molar-refractivity contribution in [2.45, 2.75) is 53.2 Å². The van der Waals surface area contributed by atoms with Crippen LogP contribution < -0.4 is 11.1 Å². The summed E-state index contributed by atoms with van der Waals surface area (Å²) in [5, 5.41) is 12.3. The molecule has 0 spiro atoms. The Kier molecular flexibility index (Phi) is 6.36. The molecule has 0 bridgehead atoms. The van der Waals surface area contributed by atoms with Crippen LogP contribution in [-0.4, -0.2) is 45.8 Å². The number of imidazole rings is 1. The number of carbonyl (C=O) groups excluding carboxylic acids is 2. The maximum absolute atomic E-state index is 12.8. The SMILES string of the molecule is CC(C)(C)[C@H](OC(N)=O)C(C)(C)C(=O)N[C@H](CO)Cc1cnc[nH]1. The molecule has 8 nitrogen and oxygen atoms in total. The monoisotopic (exact) mass is 340 g/mol. The molecule has 0 fully saturated rings. The van der Waals surface area contributed by atoms with Gasteiger partial charge in [0, 0.05) is 23.7 Å². The van der Waals surface area contributed by atoms with E-state index in [1.165, 1.54) is 6.33 Å². The maximum Gasteiger partial charge on any atom is 0.404 e. The number of H-pyrrole nitrogens is 1. The summed E-state index contributed by atoms with van der Waals surface area (Å²) in [5.41, 5.74) is 4.43. The molecule has 136 valence electrons. The number of amides is 2. The summed E-state index contributed by atoms with van der Waals surface area (Å²) in [7, 11) is 0. The van der Waals surface area contributed by atoms with E-state index in [1.807, 2.05) is 20.8 Å². The first kappa shape index (κ1) is 20.0. The van der Waals surface area contributed by atoms with Crippen LogP contribution >= 0.6 is 0 Å². The minimum Gasteiger partial charge on any atom is -0.445 e. The van der Waals surface area contributed by atoms with E-state index in [2.05, 4.69) is 15.3 Å². The van der Waals surface area contributed by atoms with Crippen molar-refractivity contribution >= 4 is 12.0 Å². The van der Waals surface area contributed by atoms with Crippen molar-refractivity contribution in [3.8, 4) is 0 Å². The predicted octanol–water partition coefficient (Wildman–Crippen LogP) is 0.966. The molecule has 0 aliphatic heterocycles. The Morgan fingerprint density at radius 1 is 1.38 bits per heavy atom. The number of carbonyl (C=O) groups is 2. The standard InChI is InChI=1S/C16H28N4O4/c1-15(2,3)12(24-14(17)23)16(4,5)13(22)20-11(8-21)6-10-7-18-9-19-10/h7,9,11-12,21H,6,8H2,1-5H3,(H2,17,23)(H,18,19)(H,20,22)/t11-,12-/m0/s1. The second-order valence-electron chi connectivity index (χ2n) is 7.54. The number of nitrogens with one attached hydrogen (secondary N) is 2. The molecule has 1 heterocycles. The van der Waals surface area contributed by atoms with Gasteiger partial charge in [0.1, 0.15) is 6.10 Å². The lowest BCUT2D eigenvalue weighted by Crippen LogP contribution is -2.55. The van der Waals surface area contributed by atoms with Crippen molar-refractivity contribution in [3.63, 3.8) is 0 Å². The normalized spacial score (nSPS) is 14.8. The molecule has 2 atom stereocenters. The van der Waals surface area contributed by atoms with E-state index in [4.69, 9.17) is 10.5 Å². The van der Waals surface area contributed by atoms with Gasteiger partial charge in [-0.05, 0) is 13.8 Å². The van der Waals surface area contributed by atoms with Gasteiger partial charge in [-0.1, -0.05) is 20.8 Å². The van der Waals surface area contributed by atoms with Gasteiger partial charge in [0.15, 0.2) is 0 Å². The third kappa shape index (κ3) is 5.23. The van der Waals surface area contributed by atoms with E-state index in [0.717, 1.165) is 5.69 Å². The molecule has 5 N–H and O–H groups in total. The number of nitrogens with zero attached hydrogens (tertiary/aromatic N) is 1. The quantitative estimate of drug-likeness (QED) is 0.587. The molecule has 1 aromatic heterocycles. The summed E-state index contributed by atoms with van der Waals surface area (Å²) in [4.78, 5) is 30.8. The van der Waals surface area contributed by atoms with E-state index >= 15 is 0 Å². The average Bonchev–Trinajstić information content (AvgIpc) is 2.95. The van der Waals surface area contributed by atoms with Gasteiger partial charge in [-0.3, -0.25) is 4.79 Å². The maximum atomic E-state index is 12.8. The zero-order chi connectivity index (χ0) is 18.5. The van der Waals surface area contributed by atoms with E-state index in [-0.39, 0.29) is 12.5 Å². The number of aliphatic hydroxyl groups excluding tert-OH is 1. The lowest BCUT2D eigenvalue weighted by molar-refractivity contribution is -0.141. The number of ether oxygens (including phenoxy) is 1. The van der Waals surface area contributed by atoms with Crippen molar-refractivity contribution in [1.29, 1.82) is 0 Å². The highest BCUT2D eigenvalue weighted by Crippen LogP contribution is 2.36. The van der Waals surface area contributed by atoms with Crippen molar-refractivity contribution in [3.05, 3.63) is 18.2 Å². The molecule has 0 aliphatic rings. The highest BCUT2D eigenvalue weighted by atomic mass is 16.6. The summed E-state index contributed by atoms with van der Waals surface area (Å²) in [6, 6.07) is -0.480. The van der Waals surface area contributed by atoms with Crippen molar-refractivity contribution in [2.24, 2.45) is 16.6 Å². The number of aromatic amines is 1. The predicted molar refractivity (Wildman–Crippen MR) is 89.0 cm³/mol. The lowest BCUT2D eigenvalue weighted by Gasteiger charge is -2.40. The summed E-state index contributed by atoms with van der Waals surface area (Å²) in [6.07, 6.45) is 1.93. The van der Waals surface area contributed by atoms with Crippen LogP contribution in [-0.2, 0) is 16.0 Å². The highest BCUT2D eigenvalue weighted by molar-refractivity contribution is 5.83. The summed E-state index contributed by atoms with van der Waals surface area (Å²) in [5.74, 6) is -0.331. The average molecular weight is 340 g/mol. The summed E-state index contributed by atoms with van der Waals surface area (Å²) >= 11 is 0. The molecule has 24 heavy (non-hydrogen) atoms. The van der Waals surface area contributed by atoms with E-state index in [0.29, 0.717) is 6.42 Å². The number of hydrogen-bond donors (Lipinski definition) is 4. The van der Waals surface area contributed by atoms with Crippen LogP contribution in [0, 0.1) is 10.8 Å². The van der Waals surface area contributed by atoms with Gasteiger partial charge >= 0.3 is 6.09 Å². The Morgan fingerprint density at radius 2 is 2.00 bits per heavy atom. The lowest BCUT2D eigenvalue weighted by atomic mass is 9.72. The Balaban J connectivity index is 2.89. The third-order valence-electron chi connectivity index (χ3n) is 3.84. The fourth-order valence-corrected chi connectivity index (χ4v) is 2.84. The van der Waals surface area contributed by atoms with Gasteiger partial charge in [-0.25, -0.2) is 9.78 Å². The molecule has 1 aromatic rings. The van der Waals surface area contributed by atoms with Crippen LogP contribution in [0.15, 0.2) is 12.5 Å². The first-order valence-electron chi connectivity index (χ1n) is 7.83. The first-order chi connectivity index (χ1) is 11.0. The van der Waals surface area contributed by atoms with Gasteiger partial charge in [0.05, 0.1) is 24.4 Å². The first-order valence-corrected chi connectivity index (χ1v) is 7.83. The largest absolute Gasteiger partial charge is 0.445 e. The molecule has 0 unspecified atom stereocenters. The molecule has 0 saturated heterocycles. The second-order valence-corrected chi connectivity index (χ2v) is 7.54. The Hall–Kier alpha value is -2.09. The van der Waals surface area contributed by atoms with Crippen molar-refractivity contribution in [1.82, 2.24) is 15.3 Å². The number of primary amides is 1. The van der Waals surface area contributed by atoms with E-state index < -0.39 is 29.1 Å². The Morgan fingerprint density at radius 3 is 2.42 bits per heavy atom. The van der Waals surface area contributed by atoms with Crippen LogP contribution in [0.3, 0.4) is 0 Å². The number of hydrogen-bond acceptors (Lipinski definition) is 5. The third-order valence-corrected chi connectivity index (χ3v) is 3.84. The van der Waals surface area contributed by atoms with Crippen molar-refractivity contribution in [2.75, 3.05) is 6.61 Å². The van der Waals surface area contributed by atoms with E-state index in [1.54, 1.807) is 20.0 Å². The highest BCUT2D eigenvalue weighted by Gasteiger charge is 2.46. The zero-order valence-electron chi connectivity index (χ0n) is 14.9. The van der Waals surface area contributed by atoms with Crippen LogP contribution in [0.2, 0.25) is 0 Å². The zero-order valence-corrected chi connectivity index (χ0v) is 14.9. The van der Waals surface area contributed by atoms with Crippen LogP contribution in [0.4, 0.5) is 4.79 Å². The van der Waals surface area contributed by atoms with Crippen LogP contribution in [0.5, 0.6) is 0 Å². The number of aromatic nitrogens is 2. The van der Waals surface area contributed by atoms with Gasteiger partial charge in [-0.15, -0.1) is 0 Å². The fourth-order valence-electron chi connectivity index (χ4n) is 2.84. The second kappa shape index (κ2) is 7.65. The van der Waals surface area contributed by atoms with Gasteiger partial charge in [0.25, 0.3) is 0 Å². The molecule has 0 radical (unpaired) electrons. The minimum absolute atomic E-state index is 0.225. The van der Waals surface area contributed by atoms with E-state index in [9.17, 15) is 14.7 Å². The van der Waals surface area contributed by atoms with Gasteiger partial charge in [0.2, 0.25) is 5.91 Å². The number of nitrogens with two attached hydrogens (primary N) is 1. The summed E-state index contributed by atoms with van der Waals surface area (Å²) in [6.45, 7) is 8.74. The molecule has 8 heteroatoms. The smallest absolute Gasteiger partial charge is 0.404 e. The molecule has 1 rings (SSSR count). The molecular formula is C16H28N4O4. The topological polar surface area (TPSA) is 130 Å². The van der Waals surface area contributed by atoms with Crippen LogP contribution in [0.25, 0.3) is 0 Å². The fraction of sp³-hybridized carbons (Fsp3) is 0.688. The Labute approximate surface area is 142 Å². The van der Waals surface area contributed by atoms with Crippen LogP contribution in [0.1, 0.15) is 40.3 Å². The minimum atomic E-state index is -1.03. The molecule has 0 aromatic carbocycles. The molecule has 2 amide bonds. The van der Waals surface area contributed by atoms with Gasteiger partial charge in [-0.2, -0.15) is 0 Å². The molecule has 0 aliphatic carbocycles. The number of rotatable bonds is 7. The molecule has 0 saturated carbocycles. The molecular weight excluding hydrogens is 312 g/mol. The Bertz CT molecular complexity index is 549. The number of aliphatic hydroxyl groups is 1. The van der Waals surface area contributed by atoms with Gasteiger partial charge < -0.3 is 25.9 Å². The van der Waals surface area contributed by atoms with Crippen molar-refractivity contribution < 1.29 is 19.4 Å². The summed E-state index contributed by atoms with van der Waals surface area (Å²) < 4.78 is 5.22.